The lowest BCUT2D eigenvalue weighted by molar-refractivity contribution is -0.166. The summed E-state index contributed by atoms with van der Waals surface area (Å²) in [6, 6.07) is 0. The van der Waals surface area contributed by atoms with Crippen LogP contribution in [0.15, 0.2) is 60.8 Å². The van der Waals surface area contributed by atoms with Crippen LogP contribution >= 0.6 is 0 Å². The van der Waals surface area contributed by atoms with Crippen molar-refractivity contribution in [2.75, 3.05) is 13.2 Å². The van der Waals surface area contributed by atoms with Crippen LogP contribution in [0.4, 0.5) is 0 Å². The van der Waals surface area contributed by atoms with Crippen molar-refractivity contribution in [1.82, 2.24) is 0 Å². The first-order chi connectivity index (χ1) is 34.0. The van der Waals surface area contributed by atoms with Gasteiger partial charge < -0.3 is 14.2 Å². The van der Waals surface area contributed by atoms with E-state index in [2.05, 4.69) is 75.5 Å². The van der Waals surface area contributed by atoms with E-state index in [1.54, 1.807) is 0 Å². The minimum absolute atomic E-state index is 0.0996. The van der Waals surface area contributed by atoms with Crippen molar-refractivity contribution in [3.05, 3.63) is 60.8 Å². The summed E-state index contributed by atoms with van der Waals surface area (Å²) in [6.07, 6.45) is 72.3. The Morgan fingerprint density at radius 2 is 0.551 bits per heavy atom. The summed E-state index contributed by atoms with van der Waals surface area (Å²) < 4.78 is 16.8. The number of hydrogen-bond acceptors (Lipinski definition) is 6. The Bertz CT molecular complexity index is 1250. The zero-order valence-corrected chi connectivity index (χ0v) is 45.8. The molecule has 0 aromatic carbocycles. The first-order valence-corrected chi connectivity index (χ1v) is 29.8. The Morgan fingerprint density at radius 3 is 0.870 bits per heavy atom. The Morgan fingerprint density at radius 1 is 0.290 bits per heavy atom. The van der Waals surface area contributed by atoms with Gasteiger partial charge in [-0.3, -0.25) is 14.4 Å². The highest BCUT2D eigenvalue weighted by Gasteiger charge is 2.19. The van der Waals surface area contributed by atoms with Gasteiger partial charge in [-0.25, -0.2) is 0 Å². The topological polar surface area (TPSA) is 78.9 Å². The molecule has 0 aromatic heterocycles. The molecule has 0 fully saturated rings. The Hall–Kier alpha value is -2.89. The number of esters is 3. The van der Waals surface area contributed by atoms with Crippen LogP contribution in [-0.2, 0) is 28.6 Å². The lowest BCUT2D eigenvalue weighted by Crippen LogP contribution is -2.30. The van der Waals surface area contributed by atoms with Gasteiger partial charge in [-0.1, -0.05) is 287 Å². The zero-order chi connectivity index (χ0) is 50.0. The van der Waals surface area contributed by atoms with Crippen molar-refractivity contribution in [2.45, 2.75) is 309 Å². The molecule has 0 aromatic rings. The summed E-state index contributed by atoms with van der Waals surface area (Å²) in [5.74, 6) is -0.967. The van der Waals surface area contributed by atoms with Crippen LogP contribution in [0.5, 0.6) is 0 Å². The van der Waals surface area contributed by atoms with E-state index in [0.29, 0.717) is 19.3 Å². The fourth-order valence-electron chi connectivity index (χ4n) is 8.55. The standard InChI is InChI=1S/C63H112O6/c1-4-7-10-13-16-19-22-25-27-29-31-33-35-38-41-44-47-50-53-56-62(65)68-59-60(58-67-61(64)55-52-49-46-43-40-37-24-21-18-15-12-9-6-3)69-63(66)57-54-51-48-45-42-39-36-34-32-30-28-26-23-20-17-14-11-8-5-2/h17,20,26,28,32,34,39,42,48,51,60H,4-16,18-19,21-25,27,29-31,33,35-38,40-41,43-47,49-50,52-59H2,1-3H3/b20-17-,28-26-,34-32-,42-39-,51-48-/t60-/m0/s1. The molecule has 0 saturated carbocycles. The van der Waals surface area contributed by atoms with Gasteiger partial charge in [-0.05, 0) is 57.8 Å². The minimum atomic E-state index is -0.810. The summed E-state index contributed by atoms with van der Waals surface area (Å²) in [6.45, 7) is 6.59. The molecule has 1 atom stereocenters. The average Bonchev–Trinajstić information content (AvgIpc) is 3.35. The molecule has 0 rings (SSSR count). The number of unbranched alkanes of at least 4 members (excludes halogenated alkanes) is 33. The molecular weight excluding hydrogens is 853 g/mol. The van der Waals surface area contributed by atoms with Gasteiger partial charge in [0.2, 0.25) is 0 Å². The van der Waals surface area contributed by atoms with Crippen molar-refractivity contribution in [1.29, 1.82) is 0 Å². The number of carbonyl (C=O) groups excluding carboxylic acids is 3. The second-order valence-corrected chi connectivity index (χ2v) is 19.9. The maximum atomic E-state index is 12.8. The molecule has 0 amide bonds. The third-order valence-corrected chi connectivity index (χ3v) is 13.0. The van der Waals surface area contributed by atoms with E-state index in [1.807, 2.05) is 6.08 Å². The minimum Gasteiger partial charge on any atom is -0.462 e. The van der Waals surface area contributed by atoms with E-state index in [1.165, 1.54) is 193 Å². The van der Waals surface area contributed by atoms with Crippen molar-refractivity contribution in [2.24, 2.45) is 0 Å². The number of allylic oxidation sites excluding steroid dienone is 10. The van der Waals surface area contributed by atoms with Crippen molar-refractivity contribution >= 4 is 17.9 Å². The molecule has 6 nitrogen and oxygen atoms in total. The Labute approximate surface area is 428 Å². The fraction of sp³-hybridized carbons (Fsp3) is 0.794. The number of ether oxygens (including phenoxy) is 3. The molecule has 0 unspecified atom stereocenters. The number of hydrogen-bond donors (Lipinski definition) is 0. The molecule has 400 valence electrons. The summed E-state index contributed by atoms with van der Waals surface area (Å²) in [4.78, 5) is 38.1. The van der Waals surface area contributed by atoms with Crippen LogP contribution in [0.1, 0.15) is 303 Å². The molecule has 0 aliphatic heterocycles. The van der Waals surface area contributed by atoms with Gasteiger partial charge in [0, 0.05) is 19.3 Å². The third-order valence-electron chi connectivity index (χ3n) is 13.0. The quantitative estimate of drug-likeness (QED) is 0.0262. The van der Waals surface area contributed by atoms with Crippen LogP contribution < -0.4 is 0 Å². The first kappa shape index (κ1) is 66.1. The summed E-state index contributed by atoms with van der Waals surface area (Å²) in [7, 11) is 0. The number of rotatable bonds is 54. The maximum absolute atomic E-state index is 12.8. The SMILES string of the molecule is CCCCC/C=C\C/C=C\C/C=C\C/C=C\C/C=C\CCC(=O)O[C@@H](COC(=O)CCCCCCCCCCCCCCC)COC(=O)CCCCCCCCCCCCCCCCCCCCC. The van der Waals surface area contributed by atoms with E-state index in [9.17, 15) is 14.4 Å². The van der Waals surface area contributed by atoms with Crippen molar-refractivity contribution < 1.29 is 28.6 Å². The van der Waals surface area contributed by atoms with E-state index in [-0.39, 0.29) is 37.5 Å². The van der Waals surface area contributed by atoms with Gasteiger partial charge in [-0.15, -0.1) is 0 Å². The van der Waals surface area contributed by atoms with E-state index in [0.717, 1.165) is 64.2 Å². The maximum Gasteiger partial charge on any atom is 0.306 e. The van der Waals surface area contributed by atoms with Crippen molar-refractivity contribution in [3.8, 4) is 0 Å². The predicted molar refractivity (Wildman–Crippen MR) is 298 cm³/mol. The van der Waals surface area contributed by atoms with Crippen LogP contribution in [-0.4, -0.2) is 37.2 Å². The van der Waals surface area contributed by atoms with Crippen molar-refractivity contribution in [3.63, 3.8) is 0 Å². The van der Waals surface area contributed by atoms with Crippen LogP contribution in [0, 0.1) is 0 Å². The second kappa shape index (κ2) is 57.7. The largest absolute Gasteiger partial charge is 0.462 e. The van der Waals surface area contributed by atoms with Gasteiger partial charge in [-0.2, -0.15) is 0 Å². The van der Waals surface area contributed by atoms with Crippen LogP contribution in [0.2, 0.25) is 0 Å². The molecule has 0 heterocycles. The van der Waals surface area contributed by atoms with Gasteiger partial charge in [0.05, 0.1) is 0 Å². The highest BCUT2D eigenvalue weighted by atomic mass is 16.6. The number of carbonyl (C=O) groups is 3. The smallest absolute Gasteiger partial charge is 0.306 e. The van der Waals surface area contributed by atoms with Crippen LogP contribution in [0.3, 0.4) is 0 Å². The predicted octanol–water partition coefficient (Wildman–Crippen LogP) is 20.0. The highest BCUT2D eigenvalue weighted by molar-refractivity contribution is 5.71. The monoisotopic (exact) mass is 965 g/mol. The molecule has 0 radical (unpaired) electrons. The van der Waals surface area contributed by atoms with Crippen LogP contribution in [0.25, 0.3) is 0 Å². The summed E-state index contributed by atoms with van der Waals surface area (Å²) in [5.41, 5.74) is 0. The lowest BCUT2D eigenvalue weighted by Gasteiger charge is -2.18. The molecule has 69 heavy (non-hydrogen) atoms. The molecule has 0 N–H and O–H groups in total. The van der Waals surface area contributed by atoms with Gasteiger partial charge in [0.25, 0.3) is 0 Å². The second-order valence-electron chi connectivity index (χ2n) is 19.9. The van der Waals surface area contributed by atoms with Gasteiger partial charge in [0.15, 0.2) is 6.10 Å². The molecule has 0 aliphatic carbocycles. The summed E-state index contributed by atoms with van der Waals surface area (Å²) >= 11 is 0. The zero-order valence-electron chi connectivity index (χ0n) is 45.8. The third kappa shape index (κ3) is 55.9. The summed E-state index contributed by atoms with van der Waals surface area (Å²) in [5, 5.41) is 0. The molecule has 0 saturated heterocycles. The van der Waals surface area contributed by atoms with E-state index < -0.39 is 6.10 Å². The average molecular weight is 966 g/mol. The molecular formula is C63H112O6. The van der Waals surface area contributed by atoms with Gasteiger partial charge in [0.1, 0.15) is 13.2 Å². The molecule has 0 aliphatic rings. The fourth-order valence-corrected chi connectivity index (χ4v) is 8.55. The Balaban J connectivity index is 4.43. The molecule has 6 heteroatoms. The first-order valence-electron chi connectivity index (χ1n) is 29.8. The van der Waals surface area contributed by atoms with Gasteiger partial charge >= 0.3 is 17.9 Å². The van der Waals surface area contributed by atoms with E-state index in [4.69, 9.17) is 14.2 Å². The Kier molecular flexibility index (Phi) is 55.3. The highest BCUT2D eigenvalue weighted by Crippen LogP contribution is 2.17. The lowest BCUT2D eigenvalue weighted by atomic mass is 10.0. The molecule has 0 spiro atoms. The molecule has 0 bridgehead atoms. The van der Waals surface area contributed by atoms with E-state index >= 15 is 0 Å². The normalized spacial score (nSPS) is 12.4.